The first kappa shape index (κ1) is 24.3. The number of methoxy groups -OCH3 is 1. The van der Waals surface area contributed by atoms with E-state index in [2.05, 4.69) is 26.9 Å². The normalized spacial score (nSPS) is 15.0. The quantitative estimate of drug-likeness (QED) is 0.346. The maximum absolute atomic E-state index is 11.8. The van der Waals surface area contributed by atoms with E-state index in [0.29, 0.717) is 17.4 Å². The Hall–Kier alpha value is -2.39. The Morgan fingerprint density at radius 1 is 1.06 bits per heavy atom. The summed E-state index contributed by atoms with van der Waals surface area (Å²) in [7, 11) is 1.73. The van der Waals surface area contributed by atoms with Crippen LogP contribution in [0.3, 0.4) is 0 Å². The van der Waals surface area contributed by atoms with Gasteiger partial charge in [-0.15, -0.1) is 5.10 Å². The molecule has 1 aromatic heterocycles. The number of hydrogen-bond donors (Lipinski definition) is 0. The number of nitrogens with zero attached hydrogens (tertiary/aromatic N) is 4. The van der Waals surface area contributed by atoms with Crippen molar-refractivity contribution >= 4 is 28.1 Å². The van der Waals surface area contributed by atoms with E-state index >= 15 is 0 Å². The average molecular weight is 463 g/mol. The van der Waals surface area contributed by atoms with Crippen LogP contribution in [-0.2, 0) is 9.47 Å². The van der Waals surface area contributed by atoms with E-state index in [1.807, 2.05) is 31.2 Å². The number of piperazine rings is 1. The minimum absolute atomic E-state index is 0.158. The van der Waals surface area contributed by atoms with Crippen LogP contribution in [0.25, 0.3) is 0 Å². The summed E-state index contributed by atoms with van der Waals surface area (Å²) in [5.41, 5.74) is 1.69. The highest BCUT2D eigenvalue weighted by atomic mass is 32.1. The smallest absolute Gasteiger partial charge is 0.338 e. The molecule has 1 unspecified atom stereocenters. The summed E-state index contributed by atoms with van der Waals surface area (Å²) in [4.78, 5) is 16.4. The largest absolute Gasteiger partial charge is 0.466 e. The zero-order chi connectivity index (χ0) is 22.8. The van der Waals surface area contributed by atoms with Crippen molar-refractivity contribution in [1.82, 2.24) is 10.2 Å². The van der Waals surface area contributed by atoms with Crippen molar-refractivity contribution in [2.45, 2.75) is 45.6 Å². The number of ether oxygens (including phenoxy) is 3. The molecule has 9 heteroatoms. The number of carbonyl (C=O) groups excluding carboxylic acids is 1. The van der Waals surface area contributed by atoms with Crippen LogP contribution in [0, 0.1) is 0 Å². The van der Waals surface area contributed by atoms with Gasteiger partial charge in [-0.05, 0) is 61.8 Å². The summed E-state index contributed by atoms with van der Waals surface area (Å²) in [6.45, 7) is 8.59. The molecule has 0 amide bonds. The van der Waals surface area contributed by atoms with E-state index < -0.39 is 0 Å². The van der Waals surface area contributed by atoms with Gasteiger partial charge in [0.25, 0.3) is 5.19 Å². The van der Waals surface area contributed by atoms with Gasteiger partial charge in [0.1, 0.15) is 6.10 Å². The number of benzene rings is 1. The van der Waals surface area contributed by atoms with Gasteiger partial charge in [-0.25, -0.2) is 4.79 Å². The molecule has 0 bridgehead atoms. The third-order valence-electron chi connectivity index (χ3n) is 5.44. The highest BCUT2D eigenvalue weighted by Gasteiger charge is 2.22. The predicted octanol–water partition coefficient (Wildman–Crippen LogP) is 4.02. The summed E-state index contributed by atoms with van der Waals surface area (Å²) < 4.78 is 16.3. The zero-order valence-electron chi connectivity index (χ0n) is 19.3. The van der Waals surface area contributed by atoms with Crippen molar-refractivity contribution < 1.29 is 19.0 Å². The van der Waals surface area contributed by atoms with E-state index in [9.17, 15) is 4.79 Å². The highest BCUT2D eigenvalue weighted by molar-refractivity contribution is 7.16. The number of esters is 1. The van der Waals surface area contributed by atoms with E-state index in [1.54, 1.807) is 7.11 Å². The van der Waals surface area contributed by atoms with Crippen LogP contribution in [0.15, 0.2) is 24.3 Å². The summed E-state index contributed by atoms with van der Waals surface area (Å²) in [5.74, 6) is -0.280. The molecule has 0 radical (unpaired) electrons. The summed E-state index contributed by atoms with van der Waals surface area (Å²) in [5, 5.41) is 10.2. The summed E-state index contributed by atoms with van der Waals surface area (Å²) in [6.07, 6.45) is 4.18. The van der Waals surface area contributed by atoms with Crippen molar-refractivity contribution in [2.24, 2.45) is 0 Å². The lowest BCUT2D eigenvalue weighted by Crippen LogP contribution is -2.46. The van der Waals surface area contributed by atoms with Crippen LogP contribution in [0.5, 0.6) is 5.19 Å². The summed E-state index contributed by atoms with van der Waals surface area (Å²) >= 11 is 1.52. The SMILES string of the molecule is CCCC(CCCOC)Oc1nnc(N2CCN(c3ccc(C(=O)OCC)cc3)CC2)s1. The van der Waals surface area contributed by atoms with E-state index in [0.717, 1.165) is 69.3 Å². The van der Waals surface area contributed by atoms with Crippen LogP contribution in [0.1, 0.15) is 49.9 Å². The van der Waals surface area contributed by atoms with Gasteiger partial charge in [-0.2, -0.15) is 0 Å². The summed E-state index contributed by atoms with van der Waals surface area (Å²) in [6, 6.07) is 7.62. The van der Waals surface area contributed by atoms with Crippen LogP contribution in [0.2, 0.25) is 0 Å². The monoisotopic (exact) mass is 462 g/mol. The molecule has 1 atom stereocenters. The molecule has 1 saturated heterocycles. The number of rotatable bonds is 12. The second-order valence-electron chi connectivity index (χ2n) is 7.76. The van der Waals surface area contributed by atoms with E-state index in [1.165, 1.54) is 11.3 Å². The molecule has 1 aliphatic rings. The van der Waals surface area contributed by atoms with E-state index in [4.69, 9.17) is 14.2 Å². The Morgan fingerprint density at radius 2 is 1.78 bits per heavy atom. The first-order chi connectivity index (χ1) is 15.6. The van der Waals surface area contributed by atoms with Crippen LogP contribution >= 0.6 is 11.3 Å². The van der Waals surface area contributed by atoms with Crippen molar-refractivity contribution in [3.05, 3.63) is 29.8 Å². The lowest BCUT2D eigenvalue weighted by molar-refractivity contribution is 0.0526. The molecule has 0 spiro atoms. The molecule has 1 aliphatic heterocycles. The van der Waals surface area contributed by atoms with Gasteiger partial charge in [-0.1, -0.05) is 18.4 Å². The molecule has 176 valence electrons. The molecule has 3 rings (SSSR count). The molecule has 0 aliphatic carbocycles. The van der Waals surface area contributed by atoms with Gasteiger partial charge in [-0.3, -0.25) is 0 Å². The van der Waals surface area contributed by atoms with Crippen molar-refractivity contribution in [1.29, 1.82) is 0 Å². The van der Waals surface area contributed by atoms with Gasteiger partial charge >= 0.3 is 5.97 Å². The van der Waals surface area contributed by atoms with Gasteiger partial charge in [0.05, 0.1) is 12.2 Å². The number of anilines is 2. The zero-order valence-corrected chi connectivity index (χ0v) is 20.1. The first-order valence-corrected chi connectivity index (χ1v) is 12.2. The van der Waals surface area contributed by atoms with Crippen molar-refractivity contribution in [3.63, 3.8) is 0 Å². The molecule has 2 aromatic rings. The third-order valence-corrected chi connectivity index (χ3v) is 6.32. The molecular weight excluding hydrogens is 428 g/mol. The molecular formula is C23H34N4O4S. The molecule has 1 fully saturated rings. The fraction of sp³-hybridized carbons (Fsp3) is 0.609. The number of aromatic nitrogens is 2. The Kier molecular flexibility index (Phi) is 9.55. The van der Waals surface area contributed by atoms with Crippen molar-refractivity contribution in [3.8, 4) is 5.19 Å². The van der Waals surface area contributed by atoms with Gasteiger partial charge in [0.15, 0.2) is 0 Å². The molecule has 1 aromatic carbocycles. The topological polar surface area (TPSA) is 77.0 Å². The molecule has 32 heavy (non-hydrogen) atoms. The van der Waals surface area contributed by atoms with Gasteiger partial charge in [0.2, 0.25) is 5.13 Å². The fourth-order valence-electron chi connectivity index (χ4n) is 3.74. The lowest BCUT2D eigenvalue weighted by Gasteiger charge is -2.35. The maximum atomic E-state index is 11.8. The van der Waals surface area contributed by atoms with Crippen LogP contribution in [0.4, 0.5) is 10.8 Å². The Bertz CT molecular complexity index is 822. The molecule has 8 nitrogen and oxygen atoms in total. The number of carbonyl (C=O) groups is 1. The van der Waals surface area contributed by atoms with Crippen LogP contribution in [-0.4, -0.2) is 68.8 Å². The van der Waals surface area contributed by atoms with E-state index in [-0.39, 0.29) is 12.1 Å². The van der Waals surface area contributed by atoms with Crippen LogP contribution < -0.4 is 14.5 Å². The second-order valence-corrected chi connectivity index (χ2v) is 8.67. The third kappa shape index (κ3) is 6.80. The minimum atomic E-state index is -0.280. The molecule has 2 heterocycles. The predicted molar refractivity (Wildman–Crippen MR) is 127 cm³/mol. The Balaban J connectivity index is 1.51. The van der Waals surface area contributed by atoms with Gasteiger partial charge < -0.3 is 24.0 Å². The minimum Gasteiger partial charge on any atom is -0.466 e. The second kappa shape index (κ2) is 12.6. The first-order valence-electron chi connectivity index (χ1n) is 11.4. The number of hydrogen-bond acceptors (Lipinski definition) is 9. The van der Waals surface area contributed by atoms with Crippen molar-refractivity contribution in [2.75, 3.05) is 56.3 Å². The lowest BCUT2D eigenvalue weighted by atomic mass is 10.1. The fourth-order valence-corrected chi connectivity index (χ4v) is 4.55. The van der Waals surface area contributed by atoms with Gasteiger partial charge in [0, 0.05) is 45.6 Å². The maximum Gasteiger partial charge on any atom is 0.338 e. The molecule has 0 N–H and O–H groups in total. The molecule has 0 saturated carbocycles. The highest BCUT2D eigenvalue weighted by Crippen LogP contribution is 2.29. The Labute approximate surface area is 194 Å². The Morgan fingerprint density at radius 3 is 2.44 bits per heavy atom. The standard InChI is InChI=1S/C23H34N4O4S/c1-4-7-20(8-6-17-29-3)31-23-25-24-22(32-23)27-15-13-26(14-16-27)19-11-9-18(10-12-19)21(28)30-5-2/h9-12,20H,4-8,13-17H2,1-3H3. The average Bonchev–Trinajstić information content (AvgIpc) is 3.28.